The Hall–Kier alpha value is -1.61. The number of rotatable bonds is 2. The van der Waals surface area contributed by atoms with Crippen molar-refractivity contribution < 1.29 is 0 Å². The molecule has 0 heterocycles. The van der Waals surface area contributed by atoms with Crippen LogP contribution in [0, 0.1) is 0 Å². The molecule has 0 radical (unpaired) electrons. The Morgan fingerprint density at radius 1 is 0.875 bits per heavy atom. The fourth-order valence-corrected chi connectivity index (χ4v) is 2.10. The number of nitrogens with two attached hydrogens (primary N) is 2. The van der Waals surface area contributed by atoms with Crippen molar-refractivity contribution >= 4 is 23.1 Å². The smallest absolute Gasteiger partial charge is 0.0405 e. The maximum absolute atomic E-state index is 6.03. The summed E-state index contributed by atoms with van der Waals surface area (Å²) in [6, 6.07) is 13.8. The molecule has 0 saturated carbocycles. The molecule has 2 rings (SSSR count). The maximum Gasteiger partial charge on any atom is 0.0405 e. The summed E-state index contributed by atoms with van der Waals surface area (Å²) < 4.78 is 0. The number of hydrogen-bond acceptors (Lipinski definition) is 3. The Labute approximate surface area is 99.7 Å². The second-order valence-electron chi connectivity index (χ2n) is 3.54. The first-order valence-corrected chi connectivity index (χ1v) is 6.23. The molecule has 0 bridgehead atoms. The topological polar surface area (TPSA) is 52.0 Å². The predicted octanol–water partition coefficient (Wildman–Crippen LogP) is 3.24. The van der Waals surface area contributed by atoms with Crippen molar-refractivity contribution in [3.63, 3.8) is 0 Å². The van der Waals surface area contributed by atoms with Crippen LogP contribution in [0.1, 0.15) is 0 Å². The fourth-order valence-electron chi connectivity index (χ4n) is 1.66. The second kappa shape index (κ2) is 4.49. The summed E-state index contributed by atoms with van der Waals surface area (Å²) >= 11 is 1.68. The Morgan fingerprint density at radius 3 is 2.19 bits per heavy atom. The Morgan fingerprint density at radius 2 is 1.56 bits per heavy atom. The molecule has 0 unspecified atom stereocenters. The zero-order valence-electron chi connectivity index (χ0n) is 9.10. The van der Waals surface area contributed by atoms with Crippen molar-refractivity contribution in [2.45, 2.75) is 4.90 Å². The number of thioether (sulfide) groups is 1. The van der Waals surface area contributed by atoms with Gasteiger partial charge in [-0.15, -0.1) is 11.8 Å². The van der Waals surface area contributed by atoms with Gasteiger partial charge < -0.3 is 11.5 Å². The molecule has 2 nitrogen and oxygen atoms in total. The van der Waals surface area contributed by atoms with E-state index in [0.29, 0.717) is 0 Å². The summed E-state index contributed by atoms with van der Waals surface area (Å²) in [5.41, 5.74) is 15.5. The van der Waals surface area contributed by atoms with E-state index in [1.807, 2.05) is 42.7 Å². The quantitative estimate of drug-likeness (QED) is 0.615. The van der Waals surface area contributed by atoms with Gasteiger partial charge in [0.1, 0.15) is 0 Å². The van der Waals surface area contributed by atoms with Crippen LogP contribution >= 0.6 is 11.8 Å². The molecule has 4 N–H and O–H groups in total. The highest BCUT2D eigenvalue weighted by atomic mass is 32.2. The second-order valence-corrected chi connectivity index (χ2v) is 4.42. The summed E-state index contributed by atoms with van der Waals surface area (Å²) in [7, 11) is 0. The highest BCUT2D eigenvalue weighted by Crippen LogP contribution is 2.32. The average molecular weight is 230 g/mol. The van der Waals surface area contributed by atoms with Crippen LogP contribution in [0.4, 0.5) is 11.4 Å². The first kappa shape index (κ1) is 10.9. The van der Waals surface area contributed by atoms with Gasteiger partial charge in [-0.05, 0) is 24.5 Å². The average Bonchev–Trinajstić information content (AvgIpc) is 2.30. The molecule has 0 amide bonds. The fraction of sp³-hybridized carbons (Fsp3) is 0.0769. The summed E-state index contributed by atoms with van der Waals surface area (Å²) in [5, 5.41) is 0. The summed E-state index contributed by atoms with van der Waals surface area (Å²) in [6.07, 6.45) is 2.03. The minimum absolute atomic E-state index is 0.756. The highest BCUT2D eigenvalue weighted by Gasteiger charge is 2.05. The van der Waals surface area contributed by atoms with Gasteiger partial charge in [-0.25, -0.2) is 0 Å². The van der Waals surface area contributed by atoms with Crippen molar-refractivity contribution in [2.24, 2.45) is 0 Å². The molecular formula is C13H14N2S. The molecule has 2 aromatic carbocycles. The van der Waals surface area contributed by atoms with Crippen molar-refractivity contribution in [1.29, 1.82) is 0 Å². The Bertz CT molecular complexity index is 509. The standard InChI is InChI=1S/C13H14N2S/c1-16-9-6-7-11(13(15)8-9)10-4-2-3-5-12(10)14/h2-8H,14-15H2,1H3. The SMILES string of the molecule is CSc1ccc(-c2ccccc2N)c(N)c1. The van der Waals surface area contributed by atoms with E-state index in [0.717, 1.165) is 27.4 Å². The molecule has 0 aliphatic rings. The van der Waals surface area contributed by atoms with Gasteiger partial charge in [0.15, 0.2) is 0 Å². The zero-order valence-corrected chi connectivity index (χ0v) is 9.92. The molecular weight excluding hydrogens is 216 g/mol. The Balaban J connectivity index is 2.53. The first-order valence-electron chi connectivity index (χ1n) is 5.01. The number of nitrogen functional groups attached to an aromatic ring is 2. The van der Waals surface area contributed by atoms with Crippen LogP contribution in [0.15, 0.2) is 47.4 Å². The van der Waals surface area contributed by atoms with E-state index in [1.54, 1.807) is 11.8 Å². The van der Waals surface area contributed by atoms with Gasteiger partial charge in [0.2, 0.25) is 0 Å². The Kier molecular flexibility index (Phi) is 3.06. The van der Waals surface area contributed by atoms with Crippen LogP contribution in [0.2, 0.25) is 0 Å². The number of anilines is 2. The van der Waals surface area contributed by atoms with Crippen LogP contribution in [0.25, 0.3) is 11.1 Å². The van der Waals surface area contributed by atoms with E-state index in [2.05, 4.69) is 6.07 Å². The van der Waals surface area contributed by atoms with Gasteiger partial charge >= 0.3 is 0 Å². The van der Waals surface area contributed by atoms with Crippen LogP contribution in [-0.2, 0) is 0 Å². The molecule has 16 heavy (non-hydrogen) atoms. The summed E-state index contributed by atoms with van der Waals surface area (Å²) in [4.78, 5) is 1.16. The van der Waals surface area contributed by atoms with Gasteiger partial charge in [0.25, 0.3) is 0 Å². The van der Waals surface area contributed by atoms with E-state index in [4.69, 9.17) is 11.5 Å². The molecule has 0 atom stereocenters. The highest BCUT2D eigenvalue weighted by molar-refractivity contribution is 7.98. The lowest BCUT2D eigenvalue weighted by Gasteiger charge is -2.09. The van der Waals surface area contributed by atoms with Crippen molar-refractivity contribution in [3.05, 3.63) is 42.5 Å². The monoisotopic (exact) mass is 230 g/mol. The lowest BCUT2D eigenvalue weighted by Crippen LogP contribution is -1.94. The third kappa shape index (κ3) is 1.99. The minimum Gasteiger partial charge on any atom is -0.398 e. The van der Waals surface area contributed by atoms with Crippen molar-refractivity contribution in [1.82, 2.24) is 0 Å². The molecule has 0 aromatic heterocycles. The number of para-hydroxylation sites is 1. The van der Waals surface area contributed by atoms with E-state index in [-0.39, 0.29) is 0 Å². The van der Waals surface area contributed by atoms with Crippen LogP contribution < -0.4 is 11.5 Å². The molecule has 0 saturated heterocycles. The van der Waals surface area contributed by atoms with E-state index >= 15 is 0 Å². The van der Waals surface area contributed by atoms with Gasteiger partial charge in [-0.3, -0.25) is 0 Å². The summed E-state index contributed by atoms with van der Waals surface area (Å²) in [5.74, 6) is 0. The molecule has 0 spiro atoms. The van der Waals surface area contributed by atoms with Gasteiger partial charge in [-0.2, -0.15) is 0 Å². The lowest BCUT2D eigenvalue weighted by molar-refractivity contribution is 1.46. The van der Waals surface area contributed by atoms with E-state index < -0.39 is 0 Å². The van der Waals surface area contributed by atoms with Crippen LogP contribution in [-0.4, -0.2) is 6.26 Å². The minimum atomic E-state index is 0.756. The normalized spacial score (nSPS) is 10.3. The molecule has 82 valence electrons. The number of benzene rings is 2. The third-order valence-electron chi connectivity index (χ3n) is 2.51. The maximum atomic E-state index is 6.03. The van der Waals surface area contributed by atoms with Gasteiger partial charge in [0, 0.05) is 27.4 Å². The van der Waals surface area contributed by atoms with Crippen molar-refractivity contribution in [2.75, 3.05) is 17.7 Å². The van der Waals surface area contributed by atoms with Crippen molar-refractivity contribution in [3.8, 4) is 11.1 Å². The van der Waals surface area contributed by atoms with Crippen LogP contribution in [0.5, 0.6) is 0 Å². The third-order valence-corrected chi connectivity index (χ3v) is 3.24. The largest absolute Gasteiger partial charge is 0.398 e. The van der Waals surface area contributed by atoms with Crippen LogP contribution in [0.3, 0.4) is 0 Å². The zero-order chi connectivity index (χ0) is 11.5. The van der Waals surface area contributed by atoms with E-state index in [1.165, 1.54) is 0 Å². The molecule has 0 fully saturated rings. The molecule has 0 aliphatic heterocycles. The lowest BCUT2D eigenvalue weighted by atomic mass is 10.0. The van der Waals surface area contributed by atoms with E-state index in [9.17, 15) is 0 Å². The predicted molar refractivity (Wildman–Crippen MR) is 72.5 cm³/mol. The first-order chi connectivity index (χ1) is 7.72. The molecule has 3 heteroatoms. The molecule has 2 aromatic rings. The van der Waals surface area contributed by atoms with Gasteiger partial charge in [0.05, 0.1) is 0 Å². The molecule has 0 aliphatic carbocycles. The summed E-state index contributed by atoms with van der Waals surface area (Å²) in [6.45, 7) is 0. The van der Waals surface area contributed by atoms with Gasteiger partial charge in [-0.1, -0.05) is 24.3 Å². The number of hydrogen-bond donors (Lipinski definition) is 2.